The van der Waals surface area contributed by atoms with Crippen molar-refractivity contribution in [1.82, 2.24) is 20.1 Å². The molecule has 3 heterocycles. The molecule has 0 saturated heterocycles. The summed E-state index contributed by atoms with van der Waals surface area (Å²) in [7, 11) is 0. The fraction of sp³-hybridized carbons (Fsp3) is 0.273. The predicted molar refractivity (Wildman–Crippen MR) is 103 cm³/mol. The molecule has 0 spiro atoms. The molecule has 6 nitrogen and oxygen atoms in total. The molecule has 3 aromatic rings. The van der Waals surface area contributed by atoms with E-state index in [-0.39, 0.29) is 17.2 Å². The number of halogens is 1. The molecule has 1 aromatic carbocycles. The van der Waals surface area contributed by atoms with Gasteiger partial charge in [-0.25, -0.2) is 4.39 Å². The van der Waals surface area contributed by atoms with Crippen LogP contribution in [0.3, 0.4) is 0 Å². The lowest BCUT2D eigenvalue weighted by molar-refractivity contribution is 0.0936. The quantitative estimate of drug-likeness (QED) is 0.740. The molecule has 2 aromatic heterocycles. The summed E-state index contributed by atoms with van der Waals surface area (Å²) in [6.45, 7) is 0.702. The Bertz CT molecular complexity index is 1160. The molecule has 144 valence electrons. The normalized spacial score (nSPS) is 17.6. The van der Waals surface area contributed by atoms with Crippen molar-refractivity contribution in [2.45, 2.75) is 37.8 Å². The molecule has 1 saturated carbocycles. The number of rotatable bonds is 4. The number of carbonyl (C=O) groups excluding carboxylic acids is 1. The van der Waals surface area contributed by atoms with E-state index >= 15 is 0 Å². The highest BCUT2D eigenvalue weighted by molar-refractivity contribution is 5.94. The minimum atomic E-state index is -0.600. The molecule has 0 unspecified atom stereocenters. The molecule has 2 aliphatic rings. The number of hydrogen-bond donors (Lipinski definition) is 1. The summed E-state index contributed by atoms with van der Waals surface area (Å²) in [5, 5.41) is 16.6. The molecule has 1 fully saturated rings. The van der Waals surface area contributed by atoms with Gasteiger partial charge in [0.15, 0.2) is 0 Å². The molecule has 1 aliphatic heterocycles. The van der Waals surface area contributed by atoms with Gasteiger partial charge in [0.25, 0.3) is 5.91 Å². The number of carbonyl (C=O) groups is 1. The van der Waals surface area contributed by atoms with Crippen LogP contribution in [0.1, 0.15) is 58.5 Å². The Labute approximate surface area is 167 Å². The summed E-state index contributed by atoms with van der Waals surface area (Å²) >= 11 is 0. The fourth-order valence-corrected chi connectivity index (χ4v) is 3.81. The fourth-order valence-electron chi connectivity index (χ4n) is 3.81. The Balaban J connectivity index is 1.38. The average molecular weight is 387 g/mol. The van der Waals surface area contributed by atoms with Gasteiger partial charge < -0.3 is 5.32 Å². The second-order valence-electron chi connectivity index (χ2n) is 7.58. The maximum atomic E-state index is 13.7. The predicted octanol–water partition coefficient (Wildman–Crippen LogP) is 3.71. The van der Waals surface area contributed by atoms with Crippen LogP contribution < -0.4 is 5.32 Å². The van der Waals surface area contributed by atoms with Crippen molar-refractivity contribution in [2.75, 3.05) is 0 Å². The van der Waals surface area contributed by atoms with Gasteiger partial charge in [-0.15, -0.1) is 0 Å². The monoisotopic (exact) mass is 387 g/mol. The van der Waals surface area contributed by atoms with Gasteiger partial charge in [0.05, 0.1) is 29.1 Å². The van der Waals surface area contributed by atoms with Gasteiger partial charge in [-0.3, -0.25) is 14.5 Å². The van der Waals surface area contributed by atoms with E-state index in [0.29, 0.717) is 12.5 Å². The number of aromatic nitrogens is 3. The first-order chi connectivity index (χ1) is 14.1. The second-order valence-corrected chi connectivity index (χ2v) is 7.58. The van der Waals surface area contributed by atoms with Crippen LogP contribution in [0.25, 0.3) is 11.3 Å². The lowest BCUT2D eigenvalue weighted by Crippen LogP contribution is -2.27. The molecule has 29 heavy (non-hydrogen) atoms. The van der Waals surface area contributed by atoms with E-state index in [9.17, 15) is 9.18 Å². The Morgan fingerprint density at radius 3 is 2.86 bits per heavy atom. The Kier molecular flexibility index (Phi) is 4.13. The zero-order valence-electron chi connectivity index (χ0n) is 15.6. The molecule has 1 aliphatic carbocycles. The first kappa shape index (κ1) is 17.6. The highest BCUT2D eigenvalue weighted by atomic mass is 19.1. The molecule has 0 radical (unpaired) electrons. The van der Waals surface area contributed by atoms with E-state index in [1.54, 1.807) is 0 Å². The number of nitrogens with one attached hydrogen (secondary N) is 1. The van der Waals surface area contributed by atoms with Gasteiger partial charge in [0, 0.05) is 35.5 Å². The van der Waals surface area contributed by atoms with Crippen LogP contribution in [0.4, 0.5) is 4.39 Å². The zero-order chi connectivity index (χ0) is 20.0. The van der Waals surface area contributed by atoms with Crippen LogP contribution in [0.5, 0.6) is 0 Å². The van der Waals surface area contributed by atoms with Crippen LogP contribution in [0.15, 0.2) is 42.6 Å². The van der Waals surface area contributed by atoms with Gasteiger partial charge in [0.1, 0.15) is 5.82 Å². The highest BCUT2D eigenvalue weighted by Gasteiger charge is 2.28. The van der Waals surface area contributed by atoms with E-state index in [2.05, 4.69) is 21.5 Å². The van der Waals surface area contributed by atoms with Gasteiger partial charge in [-0.1, -0.05) is 0 Å². The highest BCUT2D eigenvalue weighted by Crippen LogP contribution is 2.40. The SMILES string of the molecule is N#Cc1cc(F)cc(C(=O)N[C@H]2CCn3nc(-c4ccnc(C5CC5)c4)cc32)c1. The number of nitrogens with zero attached hydrogens (tertiary/aromatic N) is 4. The first-order valence-electron chi connectivity index (χ1n) is 9.66. The molecule has 1 amide bonds. The van der Waals surface area contributed by atoms with Gasteiger partial charge in [-0.2, -0.15) is 10.4 Å². The molecule has 1 atom stereocenters. The third kappa shape index (κ3) is 3.38. The number of hydrogen-bond acceptors (Lipinski definition) is 4. The van der Waals surface area contributed by atoms with E-state index in [4.69, 9.17) is 5.26 Å². The lowest BCUT2D eigenvalue weighted by Gasteiger charge is -2.12. The second kappa shape index (κ2) is 6.82. The number of pyridine rings is 1. The standard InChI is InChI=1S/C22H18FN5O/c23-17-8-13(12-24)7-16(9-17)22(29)26-18-4-6-28-21(18)11-20(27-28)15-3-5-25-19(10-15)14-1-2-14/h3,5,7-11,14,18H,1-2,4,6H2,(H,26,29)/t18-/m0/s1. The lowest BCUT2D eigenvalue weighted by atomic mass is 10.1. The number of fused-ring (bicyclic) bond motifs is 1. The van der Waals surface area contributed by atoms with Crippen molar-refractivity contribution >= 4 is 5.91 Å². The number of benzene rings is 1. The summed E-state index contributed by atoms with van der Waals surface area (Å²) in [5.74, 6) is -0.430. The molecule has 1 N–H and O–H groups in total. The van der Waals surface area contributed by atoms with E-state index < -0.39 is 11.7 Å². The zero-order valence-corrected chi connectivity index (χ0v) is 15.6. The smallest absolute Gasteiger partial charge is 0.251 e. The van der Waals surface area contributed by atoms with E-state index in [1.165, 1.54) is 18.9 Å². The van der Waals surface area contributed by atoms with Crippen molar-refractivity contribution < 1.29 is 9.18 Å². The topological polar surface area (TPSA) is 83.6 Å². The summed E-state index contributed by atoms with van der Waals surface area (Å²) in [4.78, 5) is 17.1. The molecular formula is C22H18FN5O. The summed E-state index contributed by atoms with van der Waals surface area (Å²) in [5.41, 5.74) is 4.19. The third-order valence-corrected chi connectivity index (χ3v) is 5.46. The number of nitriles is 1. The van der Waals surface area contributed by atoms with Crippen molar-refractivity contribution in [3.63, 3.8) is 0 Å². The maximum Gasteiger partial charge on any atom is 0.251 e. The van der Waals surface area contributed by atoms with Crippen LogP contribution in [0.2, 0.25) is 0 Å². The van der Waals surface area contributed by atoms with Gasteiger partial charge in [0.2, 0.25) is 0 Å². The van der Waals surface area contributed by atoms with Crippen molar-refractivity contribution in [3.8, 4) is 17.3 Å². The molecule has 0 bridgehead atoms. The first-order valence-corrected chi connectivity index (χ1v) is 9.66. The van der Waals surface area contributed by atoms with Gasteiger partial charge >= 0.3 is 0 Å². The van der Waals surface area contributed by atoms with Gasteiger partial charge in [-0.05, 0) is 55.7 Å². The Hall–Kier alpha value is -3.53. The van der Waals surface area contributed by atoms with Crippen LogP contribution in [-0.4, -0.2) is 20.7 Å². The Morgan fingerprint density at radius 2 is 2.07 bits per heavy atom. The van der Waals surface area contributed by atoms with Crippen molar-refractivity contribution in [2.24, 2.45) is 0 Å². The van der Waals surface area contributed by atoms with Crippen LogP contribution in [-0.2, 0) is 6.54 Å². The van der Waals surface area contributed by atoms with Crippen LogP contribution >= 0.6 is 0 Å². The maximum absolute atomic E-state index is 13.7. The van der Waals surface area contributed by atoms with E-state index in [0.717, 1.165) is 41.2 Å². The van der Waals surface area contributed by atoms with Crippen molar-refractivity contribution in [3.05, 3.63) is 70.9 Å². The minimum Gasteiger partial charge on any atom is -0.344 e. The van der Waals surface area contributed by atoms with Crippen LogP contribution in [0, 0.1) is 17.1 Å². The molecular weight excluding hydrogens is 369 g/mol. The average Bonchev–Trinajstić information content (AvgIpc) is 3.40. The number of amides is 1. The summed E-state index contributed by atoms with van der Waals surface area (Å²) < 4.78 is 15.6. The molecule has 7 heteroatoms. The summed E-state index contributed by atoms with van der Waals surface area (Å²) in [6.07, 6.45) is 4.93. The molecule has 5 rings (SSSR count). The largest absolute Gasteiger partial charge is 0.344 e. The third-order valence-electron chi connectivity index (χ3n) is 5.46. The Morgan fingerprint density at radius 1 is 1.21 bits per heavy atom. The van der Waals surface area contributed by atoms with Crippen molar-refractivity contribution in [1.29, 1.82) is 5.26 Å². The number of aryl methyl sites for hydroxylation is 1. The summed E-state index contributed by atoms with van der Waals surface area (Å²) in [6, 6.07) is 11.4. The van der Waals surface area contributed by atoms with E-state index in [1.807, 2.05) is 29.1 Å². The minimum absolute atomic E-state index is 0.123.